The minimum atomic E-state index is -0.739. The molecule has 0 bridgehead atoms. The molecule has 0 amide bonds. The summed E-state index contributed by atoms with van der Waals surface area (Å²) in [6.07, 6.45) is 4.45. The van der Waals surface area contributed by atoms with E-state index in [1.54, 1.807) is 7.11 Å². The summed E-state index contributed by atoms with van der Waals surface area (Å²) in [6.45, 7) is 0. The zero-order valence-corrected chi connectivity index (χ0v) is 13.7. The Morgan fingerprint density at radius 1 is 1.32 bits per heavy atom. The van der Waals surface area contributed by atoms with Gasteiger partial charge in [-0.25, -0.2) is 0 Å². The predicted octanol–water partition coefficient (Wildman–Crippen LogP) is 3.48. The van der Waals surface area contributed by atoms with Crippen LogP contribution in [0.5, 0.6) is 11.5 Å². The van der Waals surface area contributed by atoms with Crippen molar-refractivity contribution in [3.05, 3.63) is 23.8 Å². The minimum Gasteiger partial charge on any atom is -0.493 e. The molecule has 1 saturated heterocycles. The Labute approximate surface area is 135 Å². The molecule has 22 heavy (non-hydrogen) atoms. The van der Waals surface area contributed by atoms with E-state index in [0.717, 1.165) is 48.5 Å². The van der Waals surface area contributed by atoms with Crippen molar-refractivity contribution in [1.29, 1.82) is 0 Å². The average Bonchev–Trinajstić information content (AvgIpc) is 3.28. The first kappa shape index (κ1) is 15.5. The third kappa shape index (κ3) is 3.35. The van der Waals surface area contributed by atoms with Crippen molar-refractivity contribution < 1.29 is 19.4 Å². The standard InChI is InChI=1S/C17H22O4S/c1-20-15-10-12(17(6-7-17)11-16(18)19)2-3-14(15)21-13-4-8-22-9-5-13/h2-3,10,13H,4-9,11H2,1H3,(H,18,19). The van der Waals surface area contributed by atoms with Crippen LogP contribution in [0.1, 0.15) is 37.7 Å². The van der Waals surface area contributed by atoms with E-state index < -0.39 is 5.97 Å². The van der Waals surface area contributed by atoms with Gasteiger partial charge in [-0.05, 0) is 54.9 Å². The van der Waals surface area contributed by atoms with Crippen molar-refractivity contribution in [3.8, 4) is 11.5 Å². The van der Waals surface area contributed by atoms with Crippen LogP contribution in [0.2, 0.25) is 0 Å². The maximum atomic E-state index is 11.1. The Kier molecular flexibility index (Phi) is 4.52. The first-order valence-electron chi connectivity index (χ1n) is 7.78. The highest BCUT2D eigenvalue weighted by molar-refractivity contribution is 7.99. The average molecular weight is 322 g/mol. The normalized spacial score (nSPS) is 20.4. The van der Waals surface area contributed by atoms with Gasteiger partial charge in [0.2, 0.25) is 0 Å². The van der Waals surface area contributed by atoms with Crippen molar-refractivity contribution in [2.75, 3.05) is 18.6 Å². The molecule has 1 aromatic rings. The predicted molar refractivity (Wildman–Crippen MR) is 87.1 cm³/mol. The number of ether oxygens (including phenoxy) is 2. The van der Waals surface area contributed by atoms with Crippen LogP contribution in [0.25, 0.3) is 0 Å². The van der Waals surface area contributed by atoms with Crippen LogP contribution in [0.3, 0.4) is 0 Å². The second-order valence-corrected chi connectivity index (χ2v) is 7.37. The Bertz CT molecular complexity index is 548. The van der Waals surface area contributed by atoms with Gasteiger partial charge in [-0.2, -0.15) is 11.8 Å². The zero-order valence-electron chi connectivity index (χ0n) is 12.8. The van der Waals surface area contributed by atoms with Crippen LogP contribution in [0, 0.1) is 0 Å². The van der Waals surface area contributed by atoms with Crippen molar-refractivity contribution >= 4 is 17.7 Å². The van der Waals surface area contributed by atoms with Gasteiger partial charge >= 0.3 is 5.97 Å². The number of carboxylic acid groups (broad SMARTS) is 1. The Morgan fingerprint density at radius 3 is 2.64 bits per heavy atom. The monoisotopic (exact) mass is 322 g/mol. The Morgan fingerprint density at radius 2 is 2.05 bits per heavy atom. The topological polar surface area (TPSA) is 55.8 Å². The van der Waals surface area contributed by atoms with Gasteiger partial charge < -0.3 is 14.6 Å². The third-order valence-electron chi connectivity index (χ3n) is 4.58. The number of rotatable bonds is 6. The van der Waals surface area contributed by atoms with E-state index in [1.807, 2.05) is 30.0 Å². The zero-order chi connectivity index (χ0) is 15.6. The van der Waals surface area contributed by atoms with E-state index in [4.69, 9.17) is 14.6 Å². The Balaban J connectivity index is 1.77. The van der Waals surface area contributed by atoms with Crippen LogP contribution in [-0.2, 0) is 10.2 Å². The van der Waals surface area contributed by atoms with Gasteiger partial charge in [-0.1, -0.05) is 6.07 Å². The number of hydrogen-bond donors (Lipinski definition) is 1. The largest absolute Gasteiger partial charge is 0.493 e. The van der Waals surface area contributed by atoms with Crippen LogP contribution in [0.4, 0.5) is 0 Å². The Hall–Kier alpha value is -1.36. The number of carboxylic acids is 1. The first-order valence-corrected chi connectivity index (χ1v) is 8.93. The molecule has 1 aromatic carbocycles. The smallest absolute Gasteiger partial charge is 0.304 e. The molecule has 0 unspecified atom stereocenters. The molecule has 2 fully saturated rings. The molecule has 0 spiro atoms. The first-order chi connectivity index (χ1) is 10.6. The van der Waals surface area contributed by atoms with E-state index >= 15 is 0 Å². The van der Waals surface area contributed by atoms with Crippen LogP contribution in [-0.4, -0.2) is 35.8 Å². The highest BCUT2D eigenvalue weighted by atomic mass is 32.2. The molecule has 3 rings (SSSR count). The minimum absolute atomic E-state index is 0.191. The number of aliphatic carboxylic acids is 1. The summed E-state index contributed by atoms with van der Waals surface area (Å²) in [5.74, 6) is 3.04. The van der Waals surface area contributed by atoms with Gasteiger partial charge in [-0.3, -0.25) is 4.79 Å². The molecular formula is C17H22O4S. The molecule has 1 N–H and O–H groups in total. The van der Waals surface area contributed by atoms with E-state index in [2.05, 4.69) is 0 Å². The summed E-state index contributed by atoms with van der Waals surface area (Å²) in [5.41, 5.74) is 0.859. The fraction of sp³-hybridized carbons (Fsp3) is 0.588. The van der Waals surface area contributed by atoms with Gasteiger partial charge in [0.1, 0.15) is 6.10 Å². The lowest BCUT2D eigenvalue weighted by Crippen LogP contribution is -2.22. The molecule has 4 nitrogen and oxygen atoms in total. The molecule has 2 aliphatic rings. The van der Waals surface area contributed by atoms with Crippen LogP contribution >= 0.6 is 11.8 Å². The molecule has 1 heterocycles. The lowest BCUT2D eigenvalue weighted by atomic mass is 9.92. The quantitative estimate of drug-likeness (QED) is 0.869. The molecule has 1 saturated carbocycles. The second kappa shape index (κ2) is 6.41. The molecule has 0 radical (unpaired) electrons. The summed E-state index contributed by atoms with van der Waals surface area (Å²) in [7, 11) is 1.64. The maximum absolute atomic E-state index is 11.1. The van der Waals surface area contributed by atoms with Crippen molar-refractivity contribution in [3.63, 3.8) is 0 Å². The summed E-state index contributed by atoms with van der Waals surface area (Å²) >= 11 is 1.97. The molecule has 1 aliphatic carbocycles. The van der Waals surface area contributed by atoms with Gasteiger partial charge in [0.15, 0.2) is 11.5 Å². The number of thioether (sulfide) groups is 1. The van der Waals surface area contributed by atoms with Gasteiger partial charge in [0, 0.05) is 5.41 Å². The van der Waals surface area contributed by atoms with Crippen LogP contribution < -0.4 is 9.47 Å². The van der Waals surface area contributed by atoms with Crippen molar-refractivity contribution in [2.45, 2.75) is 43.6 Å². The van der Waals surface area contributed by atoms with E-state index in [9.17, 15) is 4.79 Å². The lowest BCUT2D eigenvalue weighted by Gasteiger charge is -2.24. The van der Waals surface area contributed by atoms with E-state index in [1.165, 1.54) is 0 Å². The van der Waals surface area contributed by atoms with Crippen molar-refractivity contribution in [1.82, 2.24) is 0 Å². The number of methoxy groups -OCH3 is 1. The van der Waals surface area contributed by atoms with Crippen molar-refractivity contribution in [2.24, 2.45) is 0 Å². The molecule has 5 heteroatoms. The number of benzene rings is 1. The van der Waals surface area contributed by atoms with Crippen LogP contribution in [0.15, 0.2) is 18.2 Å². The van der Waals surface area contributed by atoms with Gasteiger partial charge in [-0.15, -0.1) is 0 Å². The number of carbonyl (C=O) groups is 1. The third-order valence-corrected chi connectivity index (χ3v) is 5.63. The molecular weight excluding hydrogens is 300 g/mol. The fourth-order valence-electron chi connectivity index (χ4n) is 3.08. The fourth-order valence-corrected chi connectivity index (χ4v) is 4.14. The van der Waals surface area contributed by atoms with Gasteiger partial charge in [0.25, 0.3) is 0 Å². The molecule has 0 atom stereocenters. The highest BCUT2D eigenvalue weighted by Crippen LogP contribution is 2.52. The van der Waals surface area contributed by atoms with E-state index in [-0.39, 0.29) is 17.9 Å². The number of hydrogen-bond acceptors (Lipinski definition) is 4. The summed E-state index contributed by atoms with van der Waals surface area (Å²) in [4.78, 5) is 11.1. The summed E-state index contributed by atoms with van der Waals surface area (Å²) in [6, 6.07) is 5.91. The SMILES string of the molecule is COc1cc(C2(CC(=O)O)CC2)ccc1OC1CCSCC1. The molecule has 0 aromatic heterocycles. The highest BCUT2D eigenvalue weighted by Gasteiger charge is 2.46. The lowest BCUT2D eigenvalue weighted by molar-refractivity contribution is -0.137. The molecule has 1 aliphatic heterocycles. The second-order valence-electron chi connectivity index (χ2n) is 6.15. The van der Waals surface area contributed by atoms with Gasteiger partial charge in [0.05, 0.1) is 13.5 Å². The van der Waals surface area contributed by atoms with E-state index in [0.29, 0.717) is 5.75 Å². The summed E-state index contributed by atoms with van der Waals surface area (Å²) < 4.78 is 11.6. The summed E-state index contributed by atoms with van der Waals surface area (Å²) in [5, 5.41) is 9.09. The molecule has 120 valence electrons. The maximum Gasteiger partial charge on any atom is 0.304 e.